The van der Waals surface area contributed by atoms with Gasteiger partial charge in [-0.05, 0) is 49.6 Å². The summed E-state index contributed by atoms with van der Waals surface area (Å²) in [5, 5.41) is 20.1. The summed E-state index contributed by atoms with van der Waals surface area (Å²) in [5.74, 6) is -1.02. The van der Waals surface area contributed by atoms with Gasteiger partial charge in [-0.2, -0.15) is 0 Å². The summed E-state index contributed by atoms with van der Waals surface area (Å²) in [4.78, 5) is 15.8. The molecule has 2 aromatic rings. The summed E-state index contributed by atoms with van der Waals surface area (Å²) >= 11 is 0. The molecule has 1 aromatic carbocycles. The molecule has 2 rings (SSSR count). The van der Waals surface area contributed by atoms with E-state index in [2.05, 4.69) is 11.6 Å². The Labute approximate surface area is 146 Å². The van der Waals surface area contributed by atoms with Crippen molar-refractivity contribution in [3.05, 3.63) is 65.0 Å². The maximum absolute atomic E-state index is 11.7. The minimum absolute atomic E-state index is 0.148. The number of nitrogens with zero attached hydrogens (tertiary/aromatic N) is 1. The van der Waals surface area contributed by atoms with Gasteiger partial charge in [0.25, 0.3) is 0 Å². The molecular weight excluding hydrogens is 318 g/mol. The zero-order chi connectivity index (χ0) is 18.4. The van der Waals surface area contributed by atoms with Crippen molar-refractivity contribution in [3.63, 3.8) is 0 Å². The number of carbonyl (C=O) groups is 1. The van der Waals surface area contributed by atoms with Gasteiger partial charge in [0.2, 0.25) is 0 Å². The third-order valence-electron chi connectivity index (χ3n) is 3.75. The number of ether oxygens (including phenoxy) is 1. The van der Waals surface area contributed by atoms with Crippen molar-refractivity contribution < 1.29 is 19.7 Å². The molecule has 5 nitrogen and oxygen atoms in total. The number of carboxylic acids is 1. The molecular formula is C20H21NO4. The fraction of sp³-hybridized carbons (Fsp3) is 0.200. The Bertz CT molecular complexity index is 810. The monoisotopic (exact) mass is 339 g/mol. The topological polar surface area (TPSA) is 79.7 Å². The highest BCUT2D eigenvalue weighted by molar-refractivity contribution is 5.97. The Kier molecular flexibility index (Phi) is 5.95. The first-order valence-corrected chi connectivity index (χ1v) is 7.83. The zero-order valence-electron chi connectivity index (χ0n) is 14.3. The highest BCUT2D eigenvalue weighted by atomic mass is 16.5. The molecule has 0 aliphatic carbocycles. The first kappa shape index (κ1) is 18.3. The molecule has 1 aromatic heterocycles. The van der Waals surface area contributed by atoms with E-state index >= 15 is 0 Å². The smallest absolute Gasteiger partial charge is 0.340 e. The van der Waals surface area contributed by atoms with Crippen LogP contribution in [0.15, 0.2) is 42.6 Å². The summed E-state index contributed by atoms with van der Waals surface area (Å²) < 4.78 is 5.35. The van der Waals surface area contributed by atoms with E-state index in [9.17, 15) is 15.0 Å². The number of aromatic hydroxyl groups is 1. The maximum atomic E-state index is 11.7. The fourth-order valence-electron chi connectivity index (χ4n) is 2.47. The zero-order valence-corrected chi connectivity index (χ0v) is 14.3. The largest absolute Gasteiger partial charge is 0.507 e. The molecule has 0 fully saturated rings. The standard InChI is InChI=1S/C20H21NO4/c1-13(2)7-10-16-17(25-3)12-14(18(19(16)22)20(23)24)8-9-15-6-4-5-11-21-15/h4-6,8-9,11-12,22H,1,7,10H2,2-3H3,(H,23,24)/b9-8+. The number of aromatic nitrogens is 1. The molecule has 0 spiro atoms. The third-order valence-corrected chi connectivity index (χ3v) is 3.75. The number of methoxy groups -OCH3 is 1. The SMILES string of the molecule is C=C(C)CCc1c(OC)cc(/C=C/c2ccccn2)c(C(=O)O)c1O. The lowest BCUT2D eigenvalue weighted by Crippen LogP contribution is -2.05. The van der Waals surface area contributed by atoms with Gasteiger partial charge in [-0.15, -0.1) is 6.58 Å². The van der Waals surface area contributed by atoms with Crippen LogP contribution in [0.4, 0.5) is 0 Å². The van der Waals surface area contributed by atoms with Gasteiger partial charge in [0, 0.05) is 11.8 Å². The van der Waals surface area contributed by atoms with Crippen LogP contribution in [0.3, 0.4) is 0 Å². The van der Waals surface area contributed by atoms with Crippen molar-refractivity contribution in [3.8, 4) is 11.5 Å². The van der Waals surface area contributed by atoms with Crippen molar-refractivity contribution >= 4 is 18.1 Å². The molecule has 0 saturated heterocycles. The van der Waals surface area contributed by atoms with Gasteiger partial charge in [0.15, 0.2) is 0 Å². The van der Waals surface area contributed by atoms with Crippen molar-refractivity contribution in [1.29, 1.82) is 0 Å². The summed E-state index contributed by atoms with van der Waals surface area (Å²) in [6.07, 6.45) is 6.03. The van der Waals surface area contributed by atoms with Crippen molar-refractivity contribution in [2.75, 3.05) is 7.11 Å². The van der Waals surface area contributed by atoms with E-state index in [0.29, 0.717) is 35.4 Å². The maximum Gasteiger partial charge on any atom is 0.340 e. The molecule has 2 N–H and O–H groups in total. The van der Waals surface area contributed by atoms with E-state index in [0.717, 1.165) is 5.57 Å². The average Bonchev–Trinajstić information content (AvgIpc) is 2.58. The molecule has 130 valence electrons. The van der Waals surface area contributed by atoms with Crippen LogP contribution >= 0.6 is 0 Å². The number of phenols is 1. The molecule has 0 aliphatic heterocycles. The van der Waals surface area contributed by atoms with Gasteiger partial charge < -0.3 is 14.9 Å². The number of hydrogen-bond donors (Lipinski definition) is 2. The molecule has 0 saturated carbocycles. The van der Waals surface area contributed by atoms with Gasteiger partial charge in [-0.1, -0.05) is 17.7 Å². The summed E-state index contributed by atoms with van der Waals surface area (Å²) in [6.45, 7) is 5.72. The highest BCUT2D eigenvalue weighted by Crippen LogP contribution is 2.36. The quantitative estimate of drug-likeness (QED) is 0.740. The predicted molar refractivity (Wildman–Crippen MR) is 97.9 cm³/mol. The van der Waals surface area contributed by atoms with Gasteiger partial charge in [0.1, 0.15) is 17.1 Å². The first-order chi connectivity index (χ1) is 11.9. The Morgan fingerprint density at radius 1 is 1.36 bits per heavy atom. The molecule has 1 heterocycles. The van der Waals surface area contributed by atoms with Gasteiger partial charge >= 0.3 is 5.97 Å². The highest BCUT2D eigenvalue weighted by Gasteiger charge is 2.21. The molecule has 25 heavy (non-hydrogen) atoms. The van der Waals surface area contributed by atoms with Crippen LogP contribution in [0, 0.1) is 0 Å². The second-order valence-electron chi connectivity index (χ2n) is 5.72. The number of pyridine rings is 1. The van der Waals surface area contributed by atoms with E-state index in [1.807, 2.05) is 13.0 Å². The molecule has 0 amide bonds. The summed E-state index contributed by atoms with van der Waals surface area (Å²) in [6, 6.07) is 7.06. The normalized spacial score (nSPS) is 10.8. The van der Waals surface area contributed by atoms with Crippen LogP contribution in [0.25, 0.3) is 12.2 Å². The minimum atomic E-state index is -1.20. The third kappa shape index (κ3) is 4.47. The lowest BCUT2D eigenvalue weighted by Gasteiger charge is -2.15. The van der Waals surface area contributed by atoms with Crippen molar-refractivity contribution in [2.45, 2.75) is 19.8 Å². The van der Waals surface area contributed by atoms with Crippen molar-refractivity contribution in [1.82, 2.24) is 4.98 Å². The lowest BCUT2D eigenvalue weighted by molar-refractivity contribution is 0.0693. The summed E-state index contributed by atoms with van der Waals surface area (Å²) in [7, 11) is 1.49. The van der Waals surface area contributed by atoms with E-state index in [4.69, 9.17) is 4.74 Å². The number of allylic oxidation sites excluding steroid dienone is 1. The molecule has 0 unspecified atom stereocenters. The van der Waals surface area contributed by atoms with Gasteiger partial charge in [-0.3, -0.25) is 4.98 Å². The molecule has 0 bridgehead atoms. The Balaban J connectivity index is 2.52. The number of rotatable bonds is 7. The number of carboxylic acid groups (broad SMARTS) is 1. The van der Waals surface area contributed by atoms with E-state index in [1.165, 1.54) is 7.11 Å². The summed E-state index contributed by atoms with van der Waals surface area (Å²) in [5.41, 5.74) is 2.30. The van der Waals surface area contributed by atoms with Crippen LogP contribution in [0.2, 0.25) is 0 Å². The average molecular weight is 339 g/mol. The van der Waals surface area contributed by atoms with E-state index in [1.54, 1.807) is 36.5 Å². The van der Waals surface area contributed by atoms with Gasteiger partial charge in [0.05, 0.1) is 12.8 Å². The second-order valence-corrected chi connectivity index (χ2v) is 5.72. The van der Waals surface area contributed by atoms with Gasteiger partial charge in [-0.25, -0.2) is 4.79 Å². The van der Waals surface area contributed by atoms with E-state index in [-0.39, 0.29) is 11.3 Å². The van der Waals surface area contributed by atoms with Crippen LogP contribution in [-0.4, -0.2) is 28.3 Å². The van der Waals surface area contributed by atoms with Crippen LogP contribution in [0.1, 0.15) is 40.5 Å². The van der Waals surface area contributed by atoms with Crippen LogP contribution in [-0.2, 0) is 6.42 Å². The first-order valence-electron chi connectivity index (χ1n) is 7.83. The number of benzene rings is 1. The molecule has 0 radical (unpaired) electrons. The Morgan fingerprint density at radius 2 is 2.12 bits per heavy atom. The molecule has 5 heteroatoms. The Hall–Kier alpha value is -3.08. The molecule has 0 aliphatic rings. The van der Waals surface area contributed by atoms with E-state index < -0.39 is 5.97 Å². The number of hydrogen-bond acceptors (Lipinski definition) is 4. The van der Waals surface area contributed by atoms with Crippen molar-refractivity contribution in [2.24, 2.45) is 0 Å². The minimum Gasteiger partial charge on any atom is -0.507 e. The number of aromatic carboxylic acids is 1. The molecule has 0 atom stereocenters. The Morgan fingerprint density at radius 3 is 2.68 bits per heavy atom. The van der Waals surface area contributed by atoms with Crippen LogP contribution < -0.4 is 4.74 Å². The fourth-order valence-corrected chi connectivity index (χ4v) is 2.47. The lowest BCUT2D eigenvalue weighted by atomic mass is 9.96. The predicted octanol–water partition coefficient (Wildman–Crippen LogP) is 4.17. The second kappa shape index (κ2) is 8.15. The van der Waals surface area contributed by atoms with Crippen LogP contribution in [0.5, 0.6) is 11.5 Å².